The standard InChI is InChI=1S/C19H29NO4/c1-16(2)11-13-20(14-12-19(22)23-3)18(21)10-7-15-24-17-8-5-4-6-9-17/h4-6,8-9,16H,7,10-15H2,1-3H3. The molecule has 5 nitrogen and oxygen atoms in total. The molecule has 1 aromatic carbocycles. The van der Waals surface area contributed by atoms with Gasteiger partial charge in [0.2, 0.25) is 5.91 Å². The van der Waals surface area contributed by atoms with Gasteiger partial charge in [0.1, 0.15) is 5.75 Å². The summed E-state index contributed by atoms with van der Waals surface area (Å²) in [6.45, 7) is 5.84. The highest BCUT2D eigenvalue weighted by Gasteiger charge is 2.15. The summed E-state index contributed by atoms with van der Waals surface area (Å²) in [4.78, 5) is 25.5. The van der Waals surface area contributed by atoms with E-state index in [4.69, 9.17) is 4.74 Å². The maximum absolute atomic E-state index is 12.4. The average Bonchev–Trinajstić information content (AvgIpc) is 2.58. The Hall–Kier alpha value is -2.04. The number of methoxy groups -OCH3 is 1. The van der Waals surface area contributed by atoms with Gasteiger partial charge in [0, 0.05) is 19.5 Å². The third kappa shape index (κ3) is 8.56. The summed E-state index contributed by atoms with van der Waals surface area (Å²) in [6.07, 6.45) is 2.24. The van der Waals surface area contributed by atoms with Crippen molar-refractivity contribution in [3.8, 4) is 5.75 Å². The number of carbonyl (C=O) groups excluding carboxylic acids is 2. The van der Waals surface area contributed by atoms with E-state index >= 15 is 0 Å². The fraction of sp³-hybridized carbons (Fsp3) is 0.579. The minimum atomic E-state index is -0.287. The Balaban J connectivity index is 2.37. The van der Waals surface area contributed by atoms with Crippen molar-refractivity contribution in [1.82, 2.24) is 4.90 Å². The monoisotopic (exact) mass is 335 g/mol. The van der Waals surface area contributed by atoms with E-state index in [1.165, 1.54) is 7.11 Å². The quantitative estimate of drug-likeness (QED) is 0.460. The van der Waals surface area contributed by atoms with Crippen molar-refractivity contribution in [2.45, 2.75) is 39.5 Å². The molecule has 0 atom stereocenters. The first-order valence-corrected chi connectivity index (χ1v) is 8.55. The number of rotatable bonds is 11. The molecule has 0 radical (unpaired) electrons. The first-order chi connectivity index (χ1) is 11.5. The van der Waals surface area contributed by atoms with Gasteiger partial charge < -0.3 is 14.4 Å². The van der Waals surface area contributed by atoms with E-state index < -0.39 is 0 Å². The number of ether oxygens (including phenoxy) is 2. The molecule has 0 bridgehead atoms. The molecule has 134 valence electrons. The molecule has 5 heteroatoms. The highest BCUT2D eigenvalue weighted by atomic mass is 16.5. The van der Waals surface area contributed by atoms with E-state index in [9.17, 15) is 9.59 Å². The molecule has 1 aromatic rings. The van der Waals surface area contributed by atoms with Crippen molar-refractivity contribution >= 4 is 11.9 Å². The van der Waals surface area contributed by atoms with Crippen LogP contribution in [0, 0.1) is 5.92 Å². The molecule has 0 N–H and O–H groups in total. The number of carbonyl (C=O) groups is 2. The molecule has 0 saturated heterocycles. The van der Waals surface area contributed by atoms with Crippen molar-refractivity contribution in [3.05, 3.63) is 30.3 Å². The van der Waals surface area contributed by atoms with Gasteiger partial charge in [0.25, 0.3) is 0 Å². The molecule has 0 spiro atoms. The molecule has 1 rings (SSSR count). The van der Waals surface area contributed by atoms with Crippen LogP contribution in [0.2, 0.25) is 0 Å². The number of amides is 1. The van der Waals surface area contributed by atoms with Gasteiger partial charge >= 0.3 is 5.97 Å². The Kier molecular flexibility index (Phi) is 9.58. The molecule has 24 heavy (non-hydrogen) atoms. The zero-order chi connectivity index (χ0) is 17.8. The van der Waals surface area contributed by atoms with E-state index in [2.05, 4.69) is 18.6 Å². The summed E-state index contributed by atoms with van der Waals surface area (Å²) in [5.41, 5.74) is 0. The molecule has 0 aromatic heterocycles. The van der Waals surface area contributed by atoms with Crippen LogP contribution in [0.1, 0.15) is 39.5 Å². The molecule has 0 saturated carbocycles. The molecule has 0 aliphatic rings. The van der Waals surface area contributed by atoms with Gasteiger partial charge in [-0.05, 0) is 30.9 Å². The Labute approximate surface area is 144 Å². The summed E-state index contributed by atoms with van der Waals surface area (Å²) in [6, 6.07) is 9.56. The molecule has 0 aliphatic heterocycles. The number of nitrogens with zero attached hydrogens (tertiary/aromatic N) is 1. The van der Waals surface area contributed by atoms with Crippen LogP contribution >= 0.6 is 0 Å². The number of esters is 1. The fourth-order valence-corrected chi connectivity index (χ4v) is 2.19. The van der Waals surface area contributed by atoms with E-state index in [1.807, 2.05) is 30.3 Å². The minimum absolute atomic E-state index is 0.0659. The molecule has 0 aliphatic carbocycles. The van der Waals surface area contributed by atoms with Crippen LogP contribution in [0.25, 0.3) is 0 Å². The highest BCUT2D eigenvalue weighted by Crippen LogP contribution is 2.10. The third-order valence-electron chi connectivity index (χ3n) is 3.69. The van der Waals surface area contributed by atoms with Gasteiger partial charge in [-0.3, -0.25) is 9.59 Å². The van der Waals surface area contributed by atoms with Crippen molar-refractivity contribution in [1.29, 1.82) is 0 Å². The van der Waals surface area contributed by atoms with Gasteiger partial charge in [0.15, 0.2) is 0 Å². The lowest BCUT2D eigenvalue weighted by Crippen LogP contribution is -2.34. The normalized spacial score (nSPS) is 10.5. The average molecular weight is 335 g/mol. The summed E-state index contributed by atoms with van der Waals surface area (Å²) in [7, 11) is 1.36. The number of hydrogen-bond acceptors (Lipinski definition) is 4. The van der Waals surface area contributed by atoms with Crippen molar-refractivity contribution in [2.24, 2.45) is 5.92 Å². The smallest absolute Gasteiger partial charge is 0.307 e. The predicted octanol–water partition coefficient (Wildman–Crippen LogP) is 3.28. The summed E-state index contributed by atoms with van der Waals surface area (Å²) in [5, 5.41) is 0. The molecule has 0 fully saturated rings. The second-order valence-corrected chi connectivity index (χ2v) is 6.15. The largest absolute Gasteiger partial charge is 0.494 e. The summed E-state index contributed by atoms with van der Waals surface area (Å²) in [5.74, 6) is 1.10. The lowest BCUT2D eigenvalue weighted by Gasteiger charge is -2.23. The molecular weight excluding hydrogens is 306 g/mol. The van der Waals surface area contributed by atoms with Gasteiger partial charge in [-0.25, -0.2) is 0 Å². The third-order valence-corrected chi connectivity index (χ3v) is 3.69. The number of hydrogen-bond donors (Lipinski definition) is 0. The maximum atomic E-state index is 12.4. The van der Waals surface area contributed by atoms with Crippen molar-refractivity contribution < 1.29 is 19.1 Å². The van der Waals surface area contributed by atoms with Gasteiger partial charge in [-0.15, -0.1) is 0 Å². The predicted molar refractivity (Wildman–Crippen MR) is 93.8 cm³/mol. The first kappa shape index (κ1) is 20.0. The van der Waals surface area contributed by atoms with E-state index in [0.29, 0.717) is 38.5 Å². The first-order valence-electron chi connectivity index (χ1n) is 8.55. The van der Waals surface area contributed by atoms with Gasteiger partial charge in [-0.1, -0.05) is 32.0 Å². The SMILES string of the molecule is COC(=O)CCN(CCC(C)C)C(=O)CCCOc1ccccc1. The van der Waals surface area contributed by atoms with Crippen molar-refractivity contribution in [3.63, 3.8) is 0 Å². The summed E-state index contributed by atoms with van der Waals surface area (Å²) < 4.78 is 10.3. The van der Waals surface area contributed by atoms with Crippen LogP contribution in [0.3, 0.4) is 0 Å². The van der Waals surface area contributed by atoms with Crippen LogP contribution in [0.5, 0.6) is 5.75 Å². The Morgan fingerprint density at radius 3 is 2.42 bits per heavy atom. The maximum Gasteiger partial charge on any atom is 0.307 e. The lowest BCUT2D eigenvalue weighted by atomic mass is 10.1. The molecule has 1 amide bonds. The Morgan fingerprint density at radius 2 is 1.79 bits per heavy atom. The topological polar surface area (TPSA) is 55.8 Å². The van der Waals surface area contributed by atoms with E-state index in [-0.39, 0.29) is 18.3 Å². The van der Waals surface area contributed by atoms with Crippen LogP contribution in [-0.4, -0.2) is 43.6 Å². The fourth-order valence-electron chi connectivity index (χ4n) is 2.19. The van der Waals surface area contributed by atoms with Crippen LogP contribution < -0.4 is 4.74 Å². The van der Waals surface area contributed by atoms with Crippen LogP contribution in [-0.2, 0) is 14.3 Å². The Bertz CT molecular complexity index is 487. The zero-order valence-corrected chi connectivity index (χ0v) is 15.0. The second-order valence-electron chi connectivity index (χ2n) is 6.15. The molecule has 0 unspecified atom stereocenters. The van der Waals surface area contributed by atoms with Crippen LogP contribution in [0.4, 0.5) is 0 Å². The van der Waals surface area contributed by atoms with Gasteiger partial charge in [-0.2, -0.15) is 0 Å². The van der Waals surface area contributed by atoms with Crippen molar-refractivity contribution in [2.75, 3.05) is 26.8 Å². The highest BCUT2D eigenvalue weighted by molar-refractivity contribution is 5.77. The van der Waals surface area contributed by atoms with E-state index in [0.717, 1.165) is 12.2 Å². The van der Waals surface area contributed by atoms with Crippen LogP contribution in [0.15, 0.2) is 30.3 Å². The number of benzene rings is 1. The Morgan fingerprint density at radius 1 is 1.08 bits per heavy atom. The lowest BCUT2D eigenvalue weighted by molar-refractivity contribution is -0.141. The zero-order valence-electron chi connectivity index (χ0n) is 15.0. The number of para-hydroxylation sites is 1. The summed E-state index contributed by atoms with van der Waals surface area (Å²) >= 11 is 0. The van der Waals surface area contributed by atoms with Gasteiger partial charge in [0.05, 0.1) is 20.1 Å². The minimum Gasteiger partial charge on any atom is -0.494 e. The molecular formula is C19H29NO4. The van der Waals surface area contributed by atoms with E-state index in [1.54, 1.807) is 4.90 Å². The molecule has 0 heterocycles. The second kappa shape index (κ2) is 11.5.